The van der Waals surface area contributed by atoms with Gasteiger partial charge in [-0.15, -0.1) is 0 Å². The number of hydrogen-bond acceptors (Lipinski definition) is 3. The highest BCUT2D eigenvalue weighted by Crippen LogP contribution is 2.16. The molecule has 0 amide bonds. The van der Waals surface area contributed by atoms with E-state index in [1.807, 2.05) is 6.07 Å². The van der Waals surface area contributed by atoms with E-state index in [0.29, 0.717) is 23.3 Å². The van der Waals surface area contributed by atoms with Crippen LogP contribution in [0.2, 0.25) is 0 Å². The maximum atomic E-state index is 13.2. The van der Waals surface area contributed by atoms with E-state index in [0.717, 1.165) is 5.56 Å². The summed E-state index contributed by atoms with van der Waals surface area (Å²) in [6, 6.07) is 8.37. The summed E-state index contributed by atoms with van der Waals surface area (Å²) in [5.41, 5.74) is 0.822. The van der Waals surface area contributed by atoms with Crippen LogP contribution in [0.4, 0.5) is 4.39 Å². The summed E-state index contributed by atoms with van der Waals surface area (Å²) < 4.78 is 18.8. The Balaban J connectivity index is 1.83. The van der Waals surface area contributed by atoms with Crippen molar-refractivity contribution in [3.8, 4) is 0 Å². The standard InChI is InChI=1S/C13H13BrFNO2/c14-10-4-3-9(6-11(10)15)7-16-8-12(17)13-2-1-5-18-13/h1-6,12,16-17H,7-8H2. The third-order valence-corrected chi connectivity index (χ3v) is 3.17. The first-order valence-electron chi connectivity index (χ1n) is 5.53. The largest absolute Gasteiger partial charge is 0.467 e. The highest BCUT2D eigenvalue weighted by molar-refractivity contribution is 9.10. The van der Waals surface area contributed by atoms with Crippen molar-refractivity contribution in [3.63, 3.8) is 0 Å². The van der Waals surface area contributed by atoms with E-state index in [1.54, 1.807) is 18.2 Å². The molecule has 0 spiro atoms. The molecule has 0 aliphatic rings. The zero-order valence-corrected chi connectivity index (χ0v) is 11.2. The van der Waals surface area contributed by atoms with Gasteiger partial charge < -0.3 is 14.8 Å². The first-order chi connectivity index (χ1) is 8.66. The Bertz CT molecular complexity index is 502. The van der Waals surface area contributed by atoms with E-state index in [-0.39, 0.29) is 5.82 Å². The number of rotatable bonds is 5. The van der Waals surface area contributed by atoms with Gasteiger partial charge in [0.25, 0.3) is 0 Å². The second-order valence-corrected chi connectivity index (χ2v) is 4.76. The molecule has 3 nitrogen and oxygen atoms in total. The van der Waals surface area contributed by atoms with Crippen LogP contribution in [0, 0.1) is 5.82 Å². The van der Waals surface area contributed by atoms with Gasteiger partial charge in [0.05, 0.1) is 10.7 Å². The van der Waals surface area contributed by atoms with Gasteiger partial charge in [-0.05, 0) is 45.8 Å². The summed E-state index contributed by atoms with van der Waals surface area (Å²) in [5, 5.41) is 12.8. The molecule has 2 N–H and O–H groups in total. The fourth-order valence-corrected chi connectivity index (χ4v) is 1.83. The average molecular weight is 314 g/mol. The van der Waals surface area contributed by atoms with Gasteiger partial charge in [0, 0.05) is 13.1 Å². The lowest BCUT2D eigenvalue weighted by molar-refractivity contribution is 0.147. The molecule has 0 radical (unpaired) electrons. The van der Waals surface area contributed by atoms with Gasteiger partial charge >= 0.3 is 0 Å². The molecule has 18 heavy (non-hydrogen) atoms. The highest BCUT2D eigenvalue weighted by atomic mass is 79.9. The molecular formula is C13H13BrFNO2. The molecule has 0 bridgehead atoms. The van der Waals surface area contributed by atoms with Crippen molar-refractivity contribution in [2.24, 2.45) is 0 Å². The van der Waals surface area contributed by atoms with Gasteiger partial charge in [-0.25, -0.2) is 4.39 Å². The molecule has 2 rings (SSSR count). The van der Waals surface area contributed by atoms with Crippen LogP contribution in [-0.2, 0) is 6.54 Å². The third kappa shape index (κ3) is 3.41. The van der Waals surface area contributed by atoms with Crippen molar-refractivity contribution in [2.45, 2.75) is 12.6 Å². The molecule has 96 valence electrons. The van der Waals surface area contributed by atoms with Gasteiger partial charge in [0.1, 0.15) is 17.7 Å². The smallest absolute Gasteiger partial charge is 0.137 e. The summed E-state index contributed by atoms with van der Waals surface area (Å²) >= 11 is 3.10. The topological polar surface area (TPSA) is 45.4 Å². The molecule has 0 aliphatic heterocycles. The Labute approximate surface area is 113 Å². The molecule has 0 aliphatic carbocycles. The molecular weight excluding hydrogens is 301 g/mol. The molecule has 1 atom stereocenters. The van der Waals surface area contributed by atoms with Crippen molar-refractivity contribution in [2.75, 3.05) is 6.54 Å². The Morgan fingerprint density at radius 1 is 1.39 bits per heavy atom. The lowest BCUT2D eigenvalue weighted by Gasteiger charge is -2.09. The van der Waals surface area contributed by atoms with E-state index in [4.69, 9.17) is 4.42 Å². The summed E-state index contributed by atoms with van der Waals surface area (Å²) in [6.45, 7) is 0.840. The number of furan rings is 1. The Hall–Kier alpha value is -1.17. The van der Waals surface area contributed by atoms with Crippen LogP contribution < -0.4 is 5.32 Å². The van der Waals surface area contributed by atoms with E-state index in [1.165, 1.54) is 12.3 Å². The number of hydrogen-bond donors (Lipinski definition) is 2. The fourth-order valence-electron chi connectivity index (χ4n) is 1.58. The molecule has 1 aromatic carbocycles. The minimum atomic E-state index is -0.694. The lowest BCUT2D eigenvalue weighted by Crippen LogP contribution is -2.20. The number of aliphatic hydroxyl groups is 1. The highest BCUT2D eigenvalue weighted by Gasteiger charge is 2.09. The van der Waals surface area contributed by atoms with Crippen LogP contribution in [0.15, 0.2) is 45.5 Å². The van der Waals surface area contributed by atoms with Gasteiger partial charge in [-0.1, -0.05) is 6.07 Å². The molecule has 2 aromatic rings. The maximum absolute atomic E-state index is 13.2. The van der Waals surface area contributed by atoms with Gasteiger partial charge in [-0.2, -0.15) is 0 Å². The molecule has 1 aromatic heterocycles. The number of nitrogens with one attached hydrogen (secondary N) is 1. The first kappa shape index (κ1) is 13.3. The number of benzene rings is 1. The summed E-state index contributed by atoms with van der Waals surface area (Å²) in [5.74, 6) is 0.227. The molecule has 0 fully saturated rings. The van der Waals surface area contributed by atoms with Crippen molar-refractivity contribution in [1.29, 1.82) is 0 Å². The van der Waals surface area contributed by atoms with Crippen molar-refractivity contribution >= 4 is 15.9 Å². The zero-order chi connectivity index (χ0) is 13.0. The predicted octanol–water partition coefficient (Wildman–Crippen LogP) is 3.00. The fraction of sp³-hybridized carbons (Fsp3) is 0.231. The van der Waals surface area contributed by atoms with Gasteiger partial charge in [0.2, 0.25) is 0 Å². The summed E-state index contributed by atoms with van der Waals surface area (Å²) in [6.07, 6.45) is 0.822. The van der Waals surface area contributed by atoms with Crippen molar-refractivity contribution in [3.05, 3.63) is 58.2 Å². The molecule has 1 heterocycles. The minimum Gasteiger partial charge on any atom is -0.467 e. The average Bonchev–Trinajstić information content (AvgIpc) is 2.87. The van der Waals surface area contributed by atoms with Crippen LogP contribution in [-0.4, -0.2) is 11.7 Å². The minimum absolute atomic E-state index is 0.291. The monoisotopic (exact) mass is 313 g/mol. The van der Waals surface area contributed by atoms with Crippen LogP contribution >= 0.6 is 15.9 Å². The predicted molar refractivity (Wildman–Crippen MR) is 69.5 cm³/mol. The third-order valence-electron chi connectivity index (χ3n) is 2.52. The van der Waals surface area contributed by atoms with E-state index in [2.05, 4.69) is 21.2 Å². The molecule has 5 heteroatoms. The van der Waals surface area contributed by atoms with Crippen molar-refractivity contribution in [1.82, 2.24) is 5.32 Å². The van der Waals surface area contributed by atoms with Gasteiger partial charge in [-0.3, -0.25) is 0 Å². The Morgan fingerprint density at radius 2 is 2.22 bits per heavy atom. The first-order valence-corrected chi connectivity index (χ1v) is 6.32. The van der Waals surface area contributed by atoms with Gasteiger partial charge in [0.15, 0.2) is 0 Å². The Kier molecular flexibility index (Phi) is 4.52. The van der Waals surface area contributed by atoms with Crippen LogP contribution in [0.25, 0.3) is 0 Å². The summed E-state index contributed by atoms with van der Waals surface area (Å²) in [4.78, 5) is 0. The number of halogens is 2. The van der Waals surface area contributed by atoms with E-state index in [9.17, 15) is 9.50 Å². The van der Waals surface area contributed by atoms with E-state index < -0.39 is 6.10 Å². The zero-order valence-electron chi connectivity index (χ0n) is 9.57. The van der Waals surface area contributed by atoms with Crippen LogP contribution in [0.1, 0.15) is 17.4 Å². The van der Waals surface area contributed by atoms with Crippen LogP contribution in [0.3, 0.4) is 0 Å². The molecule has 0 saturated heterocycles. The van der Waals surface area contributed by atoms with Crippen molar-refractivity contribution < 1.29 is 13.9 Å². The lowest BCUT2D eigenvalue weighted by atomic mass is 10.2. The molecule has 1 unspecified atom stereocenters. The number of aliphatic hydroxyl groups excluding tert-OH is 1. The second-order valence-electron chi connectivity index (χ2n) is 3.91. The Morgan fingerprint density at radius 3 is 2.89 bits per heavy atom. The summed E-state index contributed by atoms with van der Waals surface area (Å²) in [7, 11) is 0. The normalized spacial score (nSPS) is 12.6. The van der Waals surface area contributed by atoms with E-state index >= 15 is 0 Å². The quantitative estimate of drug-likeness (QED) is 0.892. The maximum Gasteiger partial charge on any atom is 0.137 e. The van der Waals surface area contributed by atoms with Crippen LogP contribution in [0.5, 0.6) is 0 Å². The SMILES string of the molecule is OC(CNCc1ccc(Br)c(F)c1)c1ccco1. The second kappa shape index (κ2) is 6.13. The molecule has 0 saturated carbocycles.